The number of aryl methyl sites for hydroxylation is 1. The van der Waals surface area contributed by atoms with Crippen molar-refractivity contribution in [3.05, 3.63) is 106 Å². The van der Waals surface area contributed by atoms with Crippen LogP contribution in [-0.2, 0) is 36.2 Å². The van der Waals surface area contributed by atoms with E-state index in [9.17, 15) is 22.8 Å². The van der Waals surface area contributed by atoms with Crippen LogP contribution in [0.1, 0.15) is 43.2 Å². The summed E-state index contributed by atoms with van der Waals surface area (Å²) in [5.41, 5.74) is 2.54. The molecule has 0 N–H and O–H groups in total. The molecule has 0 aliphatic carbocycles. The van der Waals surface area contributed by atoms with Crippen molar-refractivity contribution in [2.45, 2.75) is 57.4 Å². The second-order valence-corrected chi connectivity index (χ2v) is 11.4. The van der Waals surface area contributed by atoms with Crippen LogP contribution in [0.2, 0.25) is 0 Å². The van der Waals surface area contributed by atoms with E-state index in [1.807, 2.05) is 43.3 Å². The Morgan fingerprint density at radius 2 is 1.49 bits per heavy atom. The quantitative estimate of drug-likeness (QED) is 0.158. The van der Waals surface area contributed by atoms with Gasteiger partial charge in [-0.15, -0.1) is 0 Å². The van der Waals surface area contributed by atoms with E-state index >= 15 is 0 Å². The van der Waals surface area contributed by atoms with Gasteiger partial charge in [0.1, 0.15) is 12.2 Å². The zero-order valence-electron chi connectivity index (χ0n) is 25.6. The zero-order valence-corrected chi connectivity index (χ0v) is 26.4. The number of hydrogen-bond donors (Lipinski definition) is 0. The van der Waals surface area contributed by atoms with Crippen molar-refractivity contribution in [2.75, 3.05) is 26.2 Å². The van der Waals surface area contributed by atoms with E-state index in [4.69, 9.17) is 0 Å². The van der Waals surface area contributed by atoms with Crippen LogP contribution in [0.5, 0.6) is 0 Å². The number of benzene rings is 2. The highest BCUT2D eigenvalue weighted by Crippen LogP contribution is 2.31. The fourth-order valence-electron chi connectivity index (χ4n) is 4.70. The number of rotatable bonds is 14. The first-order valence-electron chi connectivity index (χ1n) is 14.9. The second kappa shape index (κ2) is 15.8. The number of alkyl halides is 3. The number of halogens is 3. The van der Waals surface area contributed by atoms with Gasteiger partial charge in [-0.05, 0) is 66.0 Å². The van der Waals surface area contributed by atoms with Crippen LogP contribution in [0.25, 0.3) is 11.1 Å². The fraction of sp³-hybridized carbons (Fsp3) is 0.364. The maximum atomic E-state index is 13.8. The average Bonchev–Trinajstić information content (AvgIpc) is 3.05. The predicted octanol–water partition coefficient (Wildman–Crippen LogP) is 5.94. The summed E-state index contributed by atoms with van der Waals surface area (Å²) < 4.78 is 40.5. The van der Waals surface area contributed by atoms with Gasteiger partial charge in [-0.25, -0.2) is 4.68 Å². The summed E-state index contributed by atoms with van der Waals surface area (Å²) in [4.78, 5) is 38.7. The number of thioether (sulfide) groups is 1. The normalized spacial score (nSPS) is 11.6. The average molecular weight is 639 g/mol. The molecule has 4 rings (SSSR count). The van der Waals surface area contributed by atoms with Crippen molar-refractivity contribution >= 4 is 17.7 Å². The Balaban J connectivity index is 1.54. The van der Waals surface area contributed by atoms with Crippen molar-refractivity contribution in [3.8, 4) is 11.1 Å². The molecular formula is C33H37F3N6O2S. The smallest absolute Gasteiger partial charge is 0.335 e. The summed E-state index contributed by atoms with van der Waals surface area (Å²) in [7, 11) is 0. The molecular weight excluding hydrogens is 601 g/mol. The van der Waals surface area contributed by atoms with Crippen LogP contribution in [0, 0.1) is 0 Å². The van der Waals surface area contributed by atoms with Gasteiger partial charge < -0.3 is 9.80 Å². The van der Waals surface area contributed by atoms with Gasteiger partial charge in [-0.3, -0.25) is 14.6 Å². The van der Waals surface area contributed by atoms with Crippen LogP contribution in [0.15, 0.2) is 83.0 Å². The second-order valence-electron chi connectivity index (χ2n) is 10.4. The lowest BCUT2D eigenvalue weighted by atomic mass is 10.0. The molecule has 2 aromatic carbocycles. The highest BCUT2D eigenvalue weighted by molar-refractivity contribution is 7.98. The minimum atomic E-state index is -4.39. The lowest BCUT2D eigenvalue weighted by molar-refractivity contribution is -0.137. The maximum Gasteiger partial charge on any atom is 0.416 e. The summed E-state index contributed by atoms with van der Waals surface area (Å²) >= 11 is 1.34. The summed E-state index contributed by atoms with van der Waals surface area (Å²) in [6.45, 7) is 9.09. The van der Waals surface area contributed by atoms with Gasteiger partial charge in [-0.1, -0.05) is 68.9 Å². The standard InChI is InChI=1S/C33H37F3N6O2S/c1-4-29-31(44)38-32(45-23-25-15-17-37-18-16-25)42(39-29)22-30(43)41(20-19-40(5-2)6-3)21-24-7-9-26(10-8-24)27-11-13-28(14-12-27)33(34,35)36/h7-18H,4-6,19-23H2,1-3H3. The lowest BCUT2D eigenvalue weighted by Crippen LogP contribution is -2.40. The van der Waals surface area contributed by atoms with Crippen molar-refractivity contribution in [1.29, 1.82) is 0 Å². The van der Waals surface area contributed by atoms with Crippen molar-refractivity contribution in [3.63, 3.8) is 0 Å². The zero-order chi connectivity index (χ0) is 32.4. The molecule has 4 aromatic rings. The molecule has 0 aliphatic rings. The number of pyridine rings is 1. The third kappa shape index (κ3) is 9.48. The number of amides is 1. The Labute approximate surface area is 265 Å². The molecule has 0 saturated heterocycles. The molecule has 8 nitrogen and oxygen atoms in total. The van der Waals surface area contributed by atoms with Crippen LogP contribution in [0.3, 0.4) is 0 Å². The summed E-state index contributed by atoms with van der Waals surface area (Å²) in [5, 5.41) is 4.87. The van der Waals surface area contributed by atoms with Crippen molar-refractivity contribution < 1.29 is 18.0 Å². The number of carbonyl (C=O) groups is 1. The number of carbonyl (C=O) groups excluding carboxylic acids is 1. The van der Waals surface area contributed by atoms with E-state index in [1.54, 1.807) is 17.3 Å². The molecule has 1 amide bonds. The monoisotopic (exact) mass is 638 g/mol. The number of hydrogen-bond acceptors (Lipinski definition) is 7. The first-order valence-corrected chi connectivity index (χ1v) is 15.9. The Kier molecular flexibility index (Phi) is 11.9. The number of nitrogens with zero attached hydrogens (tertiary/aromatic N) is 6. The molecule has 0 aliphatic heterocycles. The summed E-state index contributed by atoms with van der Waals surface area (Å²) in [6, 6.07) is 16.3. The molecule has 238 valence electrons. The van der Waals surface area contributed by atoms with Gasteiger partial charge in [0.15, 0.2) is 5.16 Å². The van der Waals surface area contributed by atoms with Crippen molar-refractivity contribution in [2.24, 2.45) is 0 Å². The van der Waals surface area contributed by atoms with Crippen LogP contribution in [0.4, 0.5) is 13.2 Å². The lowest BCUT2D eigenvalue weighted by Gasteiger charge is -2.27. The first-order chi connectivity index (χ1) is 21.6. The number of likely N-dealkylation sites (N-methyl/N-ethyl adjacent to an activating group) is 1. The van der Waals surface area contributed by atoms with E-state index < -0.39 is 17.3 Å². The van der Waals surface area contributed by atoms with Gasteiger partial charge in [0.25, 0.3) is 5.56 Å². The molecule has 2 heterocycles. The van der Waals surface area contributed by atoms with E-state index in [0.717, 1.165) is 41.9 Å². The van der Waals surface area contributed by atoms with E-state index in [-0.39, 0.29) is 12.5 Å². The molecule has 0 saturated carbocycles. The Bertz CT molecular complexity index is 1590. The molecule has 0 atom stereocenters. The molecule has 0 radical (unpaired) electrons. The molecule has 0 fully saturated rings. The van der Waals surface area contributed by atoms with E-state index in [1.165, 1.54) is 28.6 Å². The largest absolute Gasteiger partial charge is 0.416 e. The third-order valence-electron chi connectivity index (χ3n) is 7.45. The van der Waals surface area contributed by atoms with Crippen LogP contribution >= 0.6 is 11.8 Å². The SMILES string of the molecule is CCc1nn(CC(=O)N(CCN(CC)CC)Cc2ccc(-c3ccc(C(F)(F)F)cc3)cc2)c(SCc2ccncc2)nc1=O. The van der Waals surface area contributed by atoms with Gasteiger partial charge >= 0.3 is 6.18 Å². The molecule has 0 spiro atoms. The minimum absolute atomic E-state index is 0.0825. The van der Waals surface area contributed by atoms with Gasteiger partial charge in [-0.2, -0.15) is 23.3 Å². The molecule has 45 heavy (non-hydrogen) atoms. The first kappa shape index (κ1) is 33.9. The molecule has 0 bridgehead atoms. The molecule has 12 heteroatoms. The fourth-order valence-corrected chi connectivity index (χ4v) is 5.59. The highest BCUT2D eigenvalue weighted by Gasteiger charge is 2.30. The summed E-state index contributed by atoms with van der Waals surface area (Å²) in [5.74, 6) is 0.368. The summed E-state index contributed by atoms with van der Waals surface area (Å²) in [6.07, 6.45) is -0.599. The van der Waals surface area contributed by atoms with Crippen LogP contribution < -0.4 is 5.56 Å². The Morgan fingerprint density at radius 1 is 0.867 bits per heavy atom. The Hall–Kier alpha value is -4.03. The van der Waals surface area contributed by atoms with Gasteiger partial charge in [0.05, 0.1) is 5.56 Å². The number of aromatic nitrogens is 4. The minimum Gasteiger partial charge on any atom is -0.335 e. The Morgan fingerprint density at radius 3 is 2.07 bits per heavy atom. The van der Waals surface area contributed by atoms with E-state index in [2.05, 4.69) is 33.8 Å². The predicted molar refractivity (Wildman–Crippen MR) is 170 cm³/mol. The van der Waals surface area contributed by atoms with E-state index in [0.29, 0.717) is 48.2 Å². The van der Waals surface area contributed by atoms with Gasteiger partial charge in [0, 0.05) is 37.8 Å². The molecule has 2 aromatic heterocycles. The topological polar surface area (TPSA) is 84.2 Å². The maximum absolute atomic E-state index is 13.8. The van der Waals surface area contributed by atoms with Crippen LogP contribution in [-0.4, -0.2) is 61.6 Å². The highest BCUT2D eigenvalue weighted by atomic mass is 32.2. The molecule has 0 unspecified atom stereocenters. The van der Waals surface area contributed by atoms with Crippen molar-refractivity contribution in [1.82, 2.24) is 29.5 Å². The third-order valence-corrected chi connectivity index (χ3v) is 8.49. The van der Waals surface area contributed by atoms with Gasteiger partial charge in [0.2, 0.25) is 5.91 Å².